The summed E-state index contributed by atoms with van der Waals surface area (Å²) in [6, 6.07) is 2.85. The lowest BCUT2D eigenvalue weighted by atomic mass is 9.89. The number of aromatic hydroxyl groups is 1. The van der Waals surface area contributed by atoms with E-state index in [1.165, 1.54) is 17.4 Å². The molecule has 1 aliphatic rings. The maximum Gasteiger partial charge on any atom is 0.265 e. The number of anilines is 1. The Bertz CT molecular complexity index is 1140. The number of pyridine rings is 1. The second kappa shape index (κ2) is 6.45. The number of aromatic nitrogens is 1. The highest BCUT2D eigenvalue weighted by molar-refractivity contribution is 7.18. The third-order valence-electron chi connectivity index (χ3n) is 4.84. The van der Waals surface area contributed by atoms with Gasteiger partial charge in [0.15, 0.2) is 11.6 Å². The van der Waals surface area contributed by atoms with E-state index in [1.807, 2.05) is 0 Å². The number of hydrogen-bond donors (Lipinski definition) is 3. The predicted molar refractivity (Wildman–Crippen MR) is 99.6 cm³/mol. The van der Waals surface area contributed by atoms with Crippen molar-refractivity contribution < 1.29 is 18.7 Å². The lowest BCUT2D eigenvalue weighted by Crippen LogP contribution is -2.23. The summed E-state index contributed by atoms with van der Waals surface area (Å²) < 4.78 is 26.4. The van der Waals surface area contributed by atoms with Crippen molar-refractivity contribution in [2.45, 2.75) is 26.2 Å². The molecule has 0 saturated heterocycles. The Morgan fingerprint density at radius 1 is 1.33 bits per heavy atom. The Hall–Kier alpha value is -2.74. The highest BCUT2D eigenvalue weighted by atomic mass is 32.1. The molecule has 0 aliphatic heterocycles. The van der Waals surface area contributed by atoms with Crippen LogP contribution in [-0.4, -0.2) is 16.0 Å². The number of carbonyl (C=O) groups is 1. The van der Waals surface area contributed by atoms with E-state index < -0.39 is 28.7 Å². The Morgan fingerprint density at radius 3 is 2.85 bits per heavy atom. The quantitative estimate of drug-likeness (QED) is 0.620. The number of benzene rings is 1. The minimum atomic E-state index is -1.12. The van der Waals surface area contributed by atoms with Gasteiger partial charge in [-0.25, -0.2) is 8.78 Å². The zero-order chi connectivity index (χ0) is 19.3. The Morgan fingerprint density at radius 2 is 2.11 bits per heavy atom. The van der Waals surface area contributed by atoms with E-state index in [0.717, 1.165) is 41.8 Å². The summed E-state index contributed by atoms with van der Waals surface area (Å²) in [5.74, 6) is -2.90. The van der Waals surface area contributed by atoms with Crippen LogP contribution >= 0.6 is 11.3 Å². The molecule has 1 aromatic carbocycles. The molecule has 4 rings (SSSR count). The summed E-state index contributed by atoms with van der Waals surface area (Å²) in [7, 11) is 0. The van der Waals surface area contributed by atoms with Gasteiger partial charge >= 0.3 is 0 Å². The van der Waals surface area contributed by atoms with E-state index in [-0.39, 0.29) is 11.4 Å². The van der Waals surface area contributed by atoms with E-state index in [4.69, 9.17) is 0 Å². The summed E-state index contributed by atoms with van der Waals surface area (Å²) in [5, 5.41) is 13.5. The number of aryl methyl sites for hydroxylation is 1. The van der Waals surface area contributed by atoms with E-state index in [2.05, 4.69) is 17.2 Å². The highest BCUT2D eigenvalue weighted by Gasteiger charge is 2.27. The molecule has 8 heteroatoms. The van der Waals surface area contributed by atoms with E-state index in [9.17, 15) is 23.5 Å². The molecule has 0 spiro atoms. The second-order valence-corrected chi connectivity index (χ2v) is 7.92. The van der Waals surface area contributed by atoms with Crippen LogP contribution in [-0.2, 0) is 12.8 Å². The van der Waals surface area contributed by atoms with Crippen LogP contribution in [0, 0.1) is 17.6 Å². The number of hydrogen-bond acceptors (Lipinski definition) is 4. The molecule has 1 atom stereocenters. The fourth-order valence-corrected chi connectivity index (χ4v) is 4.87. The second-order valence-electron chi connectivity index (χ2n) is 6.82. The van der Waals surface area contributed by atoms with Gasteiger partial charge in [-0.05, 0) is 42.9 Å². The SMILES string of the molecule is CC1CCc2c(sc3[nH]c(=O)c(C(=O)Nc4ccc(F)c(F)c4)c(O)c23)C1. The summed E-state index contributed by atoms with van der Waals surface area (Å²) in [6.07, 6.45) is 2.60. The van der Waals surface area contributed by atoms with Crippen LogP contribution in [0.2, 0.25) is 0 Å². The van der Waals surface area contributed by atoms with Gasteiger partial charge in [-0.1, -0.05) is 6.92 Å². The highest BCUT2D eigenvalue weighted by Crippen LogP contribution is 2.41. The zero-order valence-electron chi connectivity index (χ0n) is 14.4. The molecule has 2 heterocycles. The van der Waals surface area contributed by atoms with E-state index in [1.54, 1.807) is 0 Å². The van der Waals surface area contributed by atoms with Crippen LogP contribution in [0.5, 0.6) is 5.75 Å². The normalized spacial score (nSPS) is 16.3. The van der Waals surface area contributed by atoms with Crippen molar-refractivity contribution in [3.63, 3.8) is 0 Å². The Kier molecular flexibility index (Phi) is 4.22. The van der Waals surface area contributed by atoms with Gasteiger partial charge in [0.2, 0.25) is 0 Å². The molecule has 2 aromatic heterocycles. The monoisotopic (exact) mass is 390 g/mol. The van der Waals surface area contributed by atoms with Crippen LogP contribution in [0.1, 0.15) is 34.1 Å². The van der Waals surface area contributed by atoms with Crippen LogP contribution in [0.25, 0.3) is 10.2 Å². The van der Waals surface area contributed by atoms with Crippen molar-refractivity contribution in [3.05, 3.63) is 56.2 Å². The molecule has 27 heavy (non-hydrogen) atoms. The molecular weight excluding hydrogens is 374 g/mol. The van der Waals surface area contributed by atoms with Gasteiger partial charge in [-0.2, -0.15) is 0 Å². The molecule has 0 fully saturated rings. The molecule has 0 bridgehead atoms. The minimum absolute atomic E-state index is 0.0148. The largest absolute Gasteiger partial charge is 0.506 e. The lowest BCUT2D eigenvalue weighted by molar-refractivity contribution is 0.102. The van der Waals surface area contributed by atoms with Crippen LogP contribution < -0.4 is 10.9 Å². The Balaban J connectivity index is 1.78. The van der Waals surface area contributed by atoms with Crippen LogP contribution in [0.4, 0.5) is 14.5 Å². The first-order valence-corrected chi connectivity index (χ1v) is 9.32. The number of nitrogens with one attached hydrogen (secondary N) is 2. The number of amides is 1. The minimum Gasteiger partial charge on any atom is -0.506 e. The smallest absolute Gasteiger partial charge is 0.265 e. The summed E-state index contributed by atoms with van der Waals surface area (Å²) in [6.45, 7) is 2.15. The molecule has 1 amide bonds. The van der Waals surface area contributed by atoms with Crippen LogP contribution in [0.3, 0.4) is 0 Å². The van der Waals surface area contributed by atoms with Crippen LogP contribution in [0.15, 0.2) is 23.0 Å². The van der Waals surface area contributed by atoms with Crippen molar-refractivity contribution in [2.24, 2.45) is 5.92 Å². The number of aromatic amines is 1. The maximum atomic E-state index is 13.3. The molecular formula is C19H16F2N2O3S. The molecule has 1 unspecified atom stereocenters. The summed E-state index contributed by atoms with van der Waals surface area (Å²) >= 11 is 1.42. The molecule has 3 aromatic rings. The third kappa shape index (κ3) is 2.99. The standard InChI is InChI=1S/C19H16F2N2O3S/c1-8-2-4-10-13(6-8)27-19-14(10)16(24)15(18(26)23-19)17(25)22-9-3-5-11(20)12(21)7-9/h3,5,7-8H,2,4,6H2,1H3,(H,22,25)(H2,23,24,26). The van der Waals surface area contributed by atoms with Crippen molar-refractivity contribution >= 4 is 33.1 Å². The van der Waals surface area contributed by atoms with Gasteiger partial charge < -0.3 is 15.4 Å². The molecule has 1 aliphatic carbocycles. The fraction of sp³-hybridized carbons (Fsp3) is 0.263. The number of thiophene rings is 1. The fourth-order valence-electron chi connectivity index (χ4n) is 3.47. The van der Waals surface area contributed by atoms with Gasteiger partial charge in [-0.3, -0.25) is 9.59 Å². The predicted octanol–water partition coefficient (Wildman–Crippen LogP) is 3.95. The van der Waals surface area contributed by atoms with Gasteiger partial charge in [0, 0.05) is 16.6 Å². The first-order valence-electron chi connectivity index (χ1n) is 8.51. The van der Waals surface area contributed by atoms with E-state index in [0.29, 0.717) is 16.1 Å². The summed E-state index contributed by atoms with van der Waals surface area (Å²) in [5.41, 5.74) is -0.221. The topological polar surface area (TPSA) is 82.2 Å². The van der Waals surface area contributed by atoms with Crippen molar-refractivity contribution in [2.75, 3.05) is 5.32 Å². The van der Waals surface area contributed by atoms with Crippen molar-refractivity contribution in [1.29, 1.82) is 0 Å². The number of H-pyrrole nitrogens is 1. The lowest BCUT2D eigenvalue weighted by Gasteiger charge is -2.18. The van der Waals surface area contributed by atoms with Gasteiger partial charge in [0.25, 0.3) is 11.5 Å². The summed E-state index contributed by atoms with van der Waals surface area (Å²) in [4.78, 5) is 29.2. The third-order valence-corrected chi connectivity index (χ3v) is 6.01. The Labute approximate surface area is 156 Å². The molecule has 0 radical (unpaired) electrons. The van der Waals surface area contributed by atoms with Gasteiger partial charge in [0.05, 0.1) is 5.39 Å². The first kappa shape index (κ1) is 17.7. The first-order chi connectivity index (χ1) is 12.8. The molecule has 0 saturated carbocycles. The number of fused-ring (bicyclic) bond motifs is 3. The molecule has 140 valence electrons. The molecule has 3 N–H and O–H groups in total. The maximum absolute atomic E-state index is 13.3. The van der Waals surface area contributed by atoms with Gasteiger partial charge in [0.1, 0.15) is 16.1 Å². The number of rotatable bonds is 2. The average Bonchev–Trinajstić information content (AvgIpc) is 2.95. The average molecular weight is 390 g/mol. The van der Waals surface area contributed by atoms with Crippen molar-refractivity contribution in [3.8, 4) is 5.75 Å². The number of halogens is 2. The van der Waals surface area contributed by atoms with E-state index >= 15 is 0 Å². The molecule has 5 nitrogen and oxygen atoms in total. The van der Waals surface area contributed by atoms with Gasteiger partial charge in [-0.15, -0.1) is 11.3 Å². The zero-order valence-corrected chi connectivity index (χ0v) is 15.2. The van der Waals surface area contributed by atoms with Crippen molar-refractivity contribution in [1.82, 2.24) is 4.98 Å². The number of carbonyl (C=O) groups excluding carboxylic acids is 1.